The number of benzene rings is 1. The zero-order chi connectivity index (χ0) is 16.0. The number of methoxy groups -OCH3 is 1. The van der Waals surface area contributed by atoms with E-state index in [-0.39, 0.29) is 17.4 Å². The lowest BCUT2D eigenvalue weighted by atomic mass is 10.2. The largest absolute Gasteiger partial charge is 0.495 e. The zero-order valence-corrected chi connectivity index (χ0v) is 12.4. The van der Waals surface area contributed by atoms with Gasteiger partial charge in [-0.1, -0.05) is 12.2 Å². The van der Waals surface area contributed by atoms with Crippen LogP contribution in [0.4, 0.5) is 16.2 Å². The summed E-state index contributed by atoms with van der Waals surface area (Å²) in [6, 6.07) is 3.67. The van der Waals surface area contributed by atoms with Gasteiger partial charge in [0.1, 0.15) is 5.75 Å². The van der Waals surface area contributed by atoms with Crippen LogP contribution in [0.2, 0.25) is 0 Å². The molecule has 1 aromatic rings. The summed E-state index contributed by atoms with van der Waals surface area (Å²) >= 11 is 0. The van der Waals surface area contributed by atoms with Crippen LogP contribution < -0.4 is 10.1 Å². The van der Waals surface area contributed by atoms with Crippen molar-refractivity contribution in [3.63, 3.8) is 0 Å². The third-order valence-corrected chi connectivity index (χ3v) is 2.77. The molecule has 0 saturated heterocycles. The molecular formula is C14H19N3O4. The number of amides is 2. The standard InChI is InChI=1S/C14H19N3O4/c1-5-16(9-10(2)3)14(18)15-12-8-11(17(19)20)6-7-13(12)21-4/h6-8H,2,5,9H2,1,3-4H3,(H,15,18). The average Bonchev–Trinajstić information content (AvgIpc) is 2.44. The second-order valence-electron chi connectivity index (χ2n) is 4.54. The van der Waals surface area contributed by atoms with E-state index in [2.05, 4.69) is 11.9 Å². The molecule has 7 nitrogen and oxygen atoms in total. The van der Waals surface area contributed by atoms with Crippen LogP contribution in [0, 0.1) is 10.1 Å². The minimum atomic E-state index is -0.527. The van der Waals surface area contributed by atoms with Crippen LogP contribution in [-0.4, -0.2) is 36.1 Å². The van der Waals surface area contributed by atoms with E-state index in [1.165, 1.54) is 25.3 Å². The number of likely N-dealkylation sites (N-methyl/N-ethyl adjacent to an activating group) is 1. The van der Waals surface area contributed by atoms with E-state index >= 15 is 0 Å². The molecule has 0 unspecified atom stereocenters. The van der Waals surface area contributed by atoms with Crippen LogP contribution >= 0.6 is 0 Å². The first-order valence-electron chi connectivity index (χ1n) is 6.41. The van der Waals surface area contributed by atoms with Crippen LogP contribution in [-0.2, 0) is 0 Å². The third-order valence-electron chi connectivity index (χ3n) is 2.77. The first-order valence-corrected chi connectivity index (χ1v) is 6.41. The fraction of sp³-hybridized carbons (Fsp3) is 0.357. The summed E-state index contributed by atoms with van der Waals surface area (Å²) in [6.07, 6.45) is 0. The van der Waals surface area contributed by atoms with Crippen LogP contribution in [0.1, 0.15) is 13.8 Å². The molecule has 1 N–H and O–H groups in total. The van der Waals surface area contributed by atoms with Crippen molar-refractivity contribution < 1.29 is 14.5 Å². The zero-order valence-electron chi connectivity index (χ0n) is 12.4. The molecule has 7 heteroatoms. The Morgan fingerprint density at radius 2 is 2.19 bits per heavy atom. The van der Waals surface area contributed by atoms with Crippen molar-refractivity contribution in [1.82, 2.24) is 4.90 Å². The van der Waals surface area contributed by atoms with Crippen LogP contribution in [0.5, 0.6) is 5.75 Å². The van der Waals surface area contributed by atoms with Gasteiger partial charge in [-0.3, -0.25) is 10.1 Å². The molecule has 1 aromatic carbocycles. The highest BCUT2D eigenvalue weighted by molar-refractivity contribution is 5.91. The monoisotopic (exact) mass is 293 g/mol. The molecule has 0 bridgehead atoms. The summed E-state index contributed by atoms with van der Waals surface area (Å²) in [7, 11) is 1.43. The highest BCUT2D eigenvalue weighted by Gasteiger charge is 2.17. The van der Waals surface area contributed by atoms with Gasteiger partial charge in [0.2, 0.25) is 0 Å². The summed E-state index contributed by atoms with van der Waals surface area (Å²) in [5.74, 6) is 0.361. The molecule has 0 saturated carbocycles. The molecule has 0 atom stereocenters. The molecule has 0 aliphatic carbocycles. The van der Waals surface area contributed by atoms with Gasteiger partial charge >= 0.3 is 6.03 Å². The number of nitro groups is 1. The number of hydrogen-bond donors (Lipinski definition) is 1. The van der Waals surface area contributed by atoms with Gasteiger partial charge in [-0.2, -0.15) is 0 Å². The molecule has 1 rings (SSSR count). The fourth-order valence-corrected chi connectivity index (χ4v) is 1.75. The van der Waals surface area contributed by atoms with Crippen molar-refractivity contribution in [2.75, 3.05) is 25.5 Å². The normalized spacial score (nSPS) is 9.86. The number of non-ortho nitro benzene ring substituents is 1. The van der Waals surface area contributed by atoms with E-state index in [1.54, 1.807) is 4.90 Å². The lowest BCUT2D eigenvalue weighted by molar-refractivity contribution is -0.384. The summed E-state index contributed by atoms with van der Waals surface area (Å²) in [5.41, 5.74) is 0.990. The number of ether oxygens (including phenoxy) is 1. The summed E-state index contributed by atoms with van der Waals surface area (Å²) in [5, 5.41) is 13.4. The van der Waals surface area contributed by atoms with Gasteiger partial charge in [-0.15, -0.1) is 0 Å². The molecule has 0 aliphatic rings. The van der Waals surface area contributed by atoms with E-state index in [0.717, 1.165) is 5.57 Å². The van der Waals surface area contributed by atoms with Crippen LogP contribution in [0.25, 0.3) is 0 Å². The van der Waals surface area contributed by atoms with Crippen molar-refractivity contribution in [3.8, 4) is 5.75 Å². The predicted octanol–water partition coefficient (Wildman–Crippen LogP) is 3.03. The van der Waals surface area contributed by atoms with E-state index in [9.17, 15) is 14.9 Å². The molecular weight excluding hydrogens is 274 g/mol. The van der Waals surface area contributed by atoms with Gasteiger partial charge in [0, 0.05) is 25.2 Å². The van der Waals surface area contributed by atoms with Crippen molar-refractivity contribution in [3.05, 3.63) is 40.5 Å². The lowest BCUT2D eigenvalue weighted by Gasteiger charge is -2.22. The molecule has 21 heavy (non-hydrogen) atoms. The van der Waals surface area contributed by atoms with Crippen molar-refractivity contribution in [2.24, 2.45) is 0 Å². The summed E-state index contributed by atoms with van der Waals surface area (Å²) < 4.78 is 5.10. The summed E-state index contributed by atoms with van der Waals surface area (Å²) in [4.78, 5) is 24.0. The predicted molar refractivity (Wildman–Crippen MR) is 80.7 cm³/mol. The number of nitrogens with zero attached hydrogens (tertiary/aromatic N) is 2. The molecule has 0 fully saturated rings. The average molecular weight is 293 g/mol. The number of carbonyl (C=O) groups is 1. The van der Waals surface area contributed by atoms with Gasteiger partial charge in [0.05, 0.1) is 17.7 Å². The Hall–Kier alpha value is -2.57. The Morgan fingerprint density at radius 3 is 2.67 bits per heavy atom. The minimum absolute atomic E-state index is 0.117. The molecule has 0 aromatic heterocycles. The fourth-order valence-electron chi connectivity index (χ4n) is 1.75. The van der Waals surface area contributed by atoms with E-state index < -0.39 is 4.92 Å². The van der Waals surface area contributed by atoms with Gasteiger partial charge in [-0.05, 0) is 19.9 Å². The van der Waals surface area contributed by atoms with Gasteiger partial charge in [0.25, 0.3) is 5.69 Å². The number of anilines is 1. The maximum atomic E-state index is 12.2. The molecule has 0 spiro atoms. The van der Waals surface area contributed by atoms with Crippen molar-refractivity contribution in [2.45, 2.75) is 13.8 Å². The minimum Gasteiger partial charge on any atom is -0.495 e. The molecule has 0 heterocycles. The third kappa shape index (κ3) is 4.48. The second kappa shape index (κ2) is 7.28. The number of nitro benzene ring substituents is 1. The number of carbonyl (C=O) groups excluding carboxylic acids is 1. The van der Waals surface area contributed by atoms with E-state index in [4.69, 9.17) is 4.74 Å². The Morgan fingerprint density at radius 1 is 1.52 bits per heavy atom. The van der Waals surface area contributed by atoms with Crippen LogP contribution in [0.15, 0.2) is 30.4 Å². The topological polar surface area (TPSA) is 84.7 Å². The molecule has 0 radical (unpaired) electrons. The quantitative estimate of drug-likeness (QED) is 0.496. The van der Waals surface area contributed by atoms with Gasteiger partial charge in [0.15, 0.2) is 0 Å². The molecule has 2 amide bonds. The number of urea groups is 1. The first-order chi connectivity index (χ1) is 9.88. The van der Waals surface area contributed by atoms with Gasteiger partial charge < -0.3 is 15.0 Å². The second-order valence-corrected chi connectivity index (χ2v) is 4.54. The molecule has 114 valence electrons. The number of rotatable bonds is 6. The highest BCUT2D eigenvalue weighted by Crippen LogP contribution is 2.29. The Bertz CT molecular complexity index is 557. The van der Waals surface area contributed by atoms with Crippen molar-refractivity contribution >= 4 is 17.4 Å². The maximum Gasteiger partial charge on any atom is 0.322 e. The smallest absolute Gasteiger partial charge is 0.322 e. The Kier molecular flexibility index (Phi) is 5.71. The van der Waals surface area contributed by atoms with E-state index in [1.807, 2.05) is 13.8 Å². The number of nitrogens with one attached hydrogen (secondary N) is 1. The van der Waals surface area contributed by atoms with E-state index in [0.29, 0.717) is 18.8 Å². The van der Waals surface area contributed by atoms with Crippen molar-refractivity contribution in [1.29, 1.82) is 0 Å². The lowest BCUT2D eigenvalue weighted by Crippen LogP contribution is -2.35. The first kappa shape index (κ1) is 16.5. The molecule has 0 aliphatic heterocycles. The van der Waals surface area contributed by atoms with Gasteiger partial charge in [-0.25, -0.2) is 4.79 Å². The Balaban J connectivity index is 2.99. The summed E-state index contributed by atoms with van der Waals surface area (Å²) in [6.45, 7) is 8.34. The maximum absolute atomic E-state index is 12.2. The highest BCUT2D eigenvalue weighted by atomic mass is 16.6. The van der Waals surface area contributed by atoms with Crippen LogP contribution in [0.3, 0.4) is 0 Å². The Labute approximate surface area is 123 Å². The SMILES string of the molecule is C=C(C)CN(CC)C(=O)Nc1cc([N+](=O)[O-])ccc1OC. The number of hydrogen-bond acceptors (Lipinski definition) is 4.